The van der Waals surface area contributed by atoms with Crippen molar-refractivity contribution in [2.45, 2.75) is 37.1 Å². The fourth-order valence-electron chi connectivity index (χ4n) is 2.22. The third-order valence-corrected chi connectivity index (χ3v) is 5.03. The molecule has 7 heteroatoms. The van der Waals surface area contributed by atoms with E-state index in [0.717, 1.165) is 22.2 Å². The Labute approximate surface area is 127 Å². The maximum absolute atomic E-state index is 12.2. The molecule has 0 radical (unpaired) electrons. The lowest BCUT2D eigenvalue weighted by Crippen LogP contribution is -2.37. The van der Waals surface area contributed by atoms with Crippen molar-refractivity contribution in [3.63, 3.8) is 0 Å². The first kappa shape index (κ1) is 15.3. The number of carbonyl (C=O) groups is 2. The van der Waals surface area contributed by atoms with E-state index in [9.17, 15) is 9.59 Å². The van der Waals surface area contributed by atoms with Gasteiger partial charge in [0.25, 0.3) is 0 Å². The third kappa shape index (κ3) is 4.21. The summed E-state index contributed by atoms with van der Waals surface area (Å²) < 4.78 is 1.02. The third-order valence-electron chi connectivity index (χ3n) is 3.08. The van der Waals surface area contributed by atoms with Gasteiger partial charge < -0.3 is 10.2 Å². The number of nitrogens with zero attached hydrogens (tertiary/aromatic N) is 2. The summed E-state index contributed by atoms with van der Waals surface area (Å²) in [4.78, 5) is 29.4. The van der Waals surface area contributed by atoms with E-state index in [-0.39, 0.29) is 17.9 Å². The van der Waals surface area contributed by atoms with E-state index >= 15 is 0 Å². The predicted octanol–water partition coefficient (Wildman–Crippen LogP) is 1.53. The standard InChI is InChI=1S/C13H19N3O2S2/c1-3-19-13-15-11(8-20-13)6-12(18)16-5-4-10(7-16)14-9(2)17/h8,10H,3-7H2,1-2H3,(H,14,17). The molecular formula is C13H19N3O2S2. The van der Waals surface area contributed by atoms with Crippen molar-refractivity contribution in [1.82, 2.24) is 15.2 Å². The molecule has 1 aromatic rings. The molecule has 0 bridgehead atoms. The molecule has 1 unspecified atom stereocenters. The van der Waals surface area contributed by atoms with Crippen LogP contribution in [0.1, 0.15) is 26.0 Å². The Morgan fingerprint density at radius 2 is 2.40 bits per heavy atom. The Bertz CT molecular complexity index is 490. The van der Waals surface area contributed by atoms with Gasteiger partial charge in [-0.05, 0) is 12.2 Å². The number of rotatable bonds is 5. The van der Waals surface area contributed by atoms with Gasteiger partial charge in [0.15, 0.2) is 0 Å². The zero-order valence-electron chi connectivity index (χ0n) is 11.7. The van der Waals surface area contributed by atoms with Gasteiger partial charge >= 0.3 is 0 Å². The summed E-state index contributed by atoms with van der Waals surface area (Å²) in [5.74, 6) is 1.05. The monoisotopic (exact) mass is 313 g/mol. The van der Waals surface area contributed by atoms with Crippen LogP contribution in [0.4, 0.5) is 0 Å². The lowest BCUT2D eigenvalue weighted by Gasteiger charge is -2.16. The lowest BCUT2D eigenvalue weighted by molar-refractivity contribution is -0.129. The van der Waals surface area contributed by atoms with Gasteiger partial charge in [-0.25, -0.2) is 4.98 Å². The SMILES string of the molecule is CCSc1nc(CC(=O)N2CCC(NC(C)=O)C2)cs1. The molecule has 0 aliphatic carbocycles. The van der Waals surface area contributed by atoms with Crippen molar-refractivity contribution < 1.29 is 9.59 Å². The summed E-state index contributed by atoms with van der Waals surface area (Å²) in [6.07, 6.45) is 1.19. The molecular weight excluding hydrogens is 294 g/mol. The van der Waals surface area contributed by atoms with Crippen molar-refractivity contribution in [2.24, 2.45) is 0 Å². The Balaban J connectivity index is 1.84. The number of carbonyl (C=O) groups excluding carboxylic acids is 2. The van der Waals surface area contributed by atoms with Gasteiger partial charge in [0, 0.05) is 31.4 Å². The Hall–Kier alpha value is -1.08. The van der Waals surface area contributed by atoms with Crippen LogP contribution in [0.3, 0.4) is 0 Å². The first-order chi connectivity index (χ1) is 9.58. The van der Waals surface area contributed by atoms with Crippen molar-refractivity contribution in [2.75, 3.05) is 18.8 Å². The van der Waals surface area contributed by atoms with Gasteiger partial charge in [-0.15, -0.1) is 11.3 Å². The van der Waals surface area contributed by atoms with Crippen LogP contribution in [0.25, 0.3) is 0 Å². The first-order valence-corrected chi connectivity index (χ1v) is 8.57. The average Bonchev–Trinajstić information content (AvgIpc) is 2.99. The minimum Gasteiger partial charge on any atom is -0.352 e. The zero-order chi connectivity index (χ0) is 14.5. The lowest BCUT2D eigenvalue weighted by atomic mass is 10.2. The van der Waals surface area contributed by atoms with Crippen molar-refractivity contribution in [1.29, 1.82) is 0 Å². The van der Waals surface area contributed by atoms with Crippen LogP contribution in [0.15, 0.2) is 9.72 Å². The maximum Gasteiger partial charge on any atom is 0.228 e. The Morgan fingerprint density at radius 1 is 1.60 bits per heavy atom. The van der Waals surface area contributed by atoms with E-state index in [2.05, 4.69) is 17.2 Å². The first-order valence-electron chi connectivity index (χ1n) is 6.70. The van der Waals surface area contributed by atoms with E-state index in [1.54, 1.807) is 23.1 Å². The smallest absolute Gasteiger partial charge is 0.228 e. The molecule has 0 saturated carbocycles. The fourth-order valence-corrected chi connectivity index (χ4v) is 3.96. The quantitative estimate of drug-likeness (QED) is 0.838. The van der Waals surface area contributed by atoms with E-state index in [1.807, 2.05) is 10.3 Å². The zero-order valence-corrected chi connectivity index (χ0v) is 13.4. The van der Waals surface area contributed by atoms with Crippen LogP contribution < -0.4 is 5.32 Å². The van der Waals surface area contributed by atoms with Gasteiger partial charge in [-0.3, -0.25) is 9.59 Å². The number of thiazole rings is 1. The number of aromatic nitrogens is 1. The van der Waals surface area contributed by atoms with Crippen LogP contribution in [-0.4, -0.2) is 46.6 Å². The van der Waals surface area contributed by atoms with Crippen LogP contribution in [-0.2, 0) is 16.0 Å². The molecule has 1 aliphatic rings. The molecule has 110 valence electrons. The van der Waals surface area contributed by atoms with Crippen LogP contribution in [0.2, 0.25) is 0 Å². The van der Waals surface area contributed by atoms with Gasteiger partial charge in [0.05, 0.1) is 12.1 Å². The minimum atomic E-state index is -0.0370. The minimum absolute atomic E-state index is 0.0370. The van der Waals surface area contributed by atoms with E-state index in [4.69, 9.17) is 0 Å². The number of likely N-dealkylation sites (tertiary alicyclic amines) is 1. The van der Waals surface area contributed by atoms with E-state index < -0.39 is 0 Å². The van der Waals surface area contributed by atoms with Crippen LogP contribution in [0.5, 0.6) is 0 Å². The molecule has 1 aromatic heterocycles. The molecule has 1 aliphatic heterocycles. The van der Waals surface area contributed by atoms with Crippen molar-refractivity contribution in [3.05, 3.63) is 11.1 Å². The molecule has 1 atom stereocenters. The number of thioether (sulfide) groups is 1. The van der Waals surface area contributed by atoms with E-state index in [0.29, 0.717) is 19.5 Å². The van der Waals surface area contributed by atoms with Crippen LogP contribution >= 0.6 is 23.1 Å². The number of amides is 2. The second-order valence-electron chi connectivity index (χ2n) is 4.74. The molecule has 2 rings (SSSR count). The molecule has 1 fully saturated rings. The fraction of sp³-hybridized carbons (Fsp3) is 0.615. The summed E-state index contributed by atoms with van der Waals surface area (Å²) in [6, 6.07) is 0.0955. The molecule has 2 amide bonds. The van der Waals surface area contributed by atoms with Gasteiger partial charge in [-0.2, -0.15) is 0 Å². The Morgan fingerprint density at radius 3 is 3.10 bits per heavy atom. The molecule has 5 nitrogen and oxygen atoms in total. The molecule has 0 aromatic carbocycles. The van der Waals surface area contributed by atoms with Crippen LogP contribution in [0, 0.1) is 0 Å². The number of hydrogen-bond acceptors (Lipinski definition) is 5. The molecule has 1 N–H and O–H groups in total. The molecule has 2 heterocycles. The highest BCUT2D eigenvalue weighted by atomic mass is 32.2. The molecule has 20 heavy (non-hydrogen) atoms. The number of nitrogens with one attached hydrogen (secondary N) is 1. The summed E-state index contributed by atoms with van der Waals surface area (Å²) in [5.41, 5.74) is 0.846. The van der Waals surface area contributed by atoms with E-state index in [1.165, 1.54) is 6.92 Å². The topological polar surface area (TPSA) is 62.3 Å². The second-order valence-corrected chi connectivity index (χ2v) is 7.11. The maximum atomic E-state index is 12.2. The Kier molecular flexibility index (Phi) is 5.42. The average molecular weight is 313 g/mol. The van der Waals surface area contributed by atoms with Gasteiger partial charge in [0.1, 0.15) is 4.34 Å². The summed E-state index contributed by atoms with van der Waals surface area (Å²) in [6.45, 7) is 4.92. The van der Waals surface area contributed by atoms with Gasteiger partial charge in [0.2, 0.25) is 11.8 Å². The molecule has 0 spiro atoms. The highest BCUT2D eigenvalue weighted by Gasteiger charge is 2.26. The second kappa shape index (κ2) is 7.08. The highest BCUT2D eigenvalue weighted by Crippen LogP contribution is 2.22. The summed E-state index contributed by atoms with van der Waals surface area (Å²) in [7, 11) is 0. The van der Waals surface area contributed by atoms with Crippen molar-refractivity contribution in [3.8, 4) is 0 Å². The summed E-state index contributed by atoms with van der Waals surface area (Å²) in [5, 5.41) is 4.82. The predicted molar refractivity (Wildman–Crippen MR) is 81.0 cm³/mol. The number of hydrogen-bond donors (Lipinski definition) is 1. The molecule has 1 saturated heterocycles. The van der Waals surface area contributed by atoms with Crippen molar-refractivity contribution >= 4 is 34.9 Å². The highest BCUT2D eigenvalue weighted by molar-refractivity contribution is 8.00. The normalized spacial score (nSPS) is 18.3. The largest absolute Gasteiger partial charge is 0.352 e. The summed E-state index contributed by atoms with van der Waals surface area (Å²) >= 11 is 3.29. The van der Waals surface area contributed by atoms with Gasteiger partial charge in [-0.1, -0.05) is 18.7 Å².